The van der Waals surface area contributed by atoms with Gasteiger partial charge in [-0.25, -0.2) is 4.39 Å². The van der Waals surface area contributed by atoms with E-state index in [1.54, 1.807) is 6.92 Å². The maximum Gasteiger partial charge on any atom is 0.278 e. The molecule has 0 aliphatic carbocycles. The van der Waals surface area contributed by atoms with Crippen LogP contribution in [-0.4, -0.2) is 18.6 Å². The first-order valence-electron chi connectivity index (χ1n) is 4.77. The Bertz CT molecular complexity index is 623. The van der Waals surface area contributed by atoms with Crippen LogP contribution in [0.25, 0.3) is 0 Å². The first-order valence-corrected chi connectivity index (χ1v) is 6.26. The minimum atomic E-state index is -3.74. The van der Waals surface area contributed by atoms with Gasteiger partial charge in [0.1, 0.15) is 5.82 Å². The van der Waals surface area contributed by atoms with Crippen molar-refractivity contribution in [2.24, 2.45) is 0 Å². The Morgan fingerprint density at radius 3 is 2.76 bits per heavy atom. The van der Waals surface area contributed by atoms with E-state index in [1.165, 1.54) is 24.4 Å². The smallest absolute Gasteiger partial charge is 0.278 e. The van der Waals surface area contributed by atoms with Gasteiger partial charge in [-0.05, 0) is 30.7 Å². The molecular formula is C10H10FN3O2S. The van der Waals surface area contributed by atoms with Gasteiger partial charge in [0.05, 0.1) is 11.9 Å². The number of anilines is 1. The lowest BCUT2D eigenvalue weighted by Gasteiger charge is -2.08. The molecule has 0 spiro atoms. The highest BCUT2D eigenvalue weighted by Crippen LogP contribution is 2.19. The molecule has 0 saturated carbocycles. The van der Waals surface area contributed by atoms with Crippen LogP contribution in [0.3, 0.4) is 0 Å². The van der Waals surface area contributed by atoms with Crippen molar-refractivity contribution in [3.05, 3.63) is 41.8 Å². The monoisotopic (exact) mass is 255 g/mol. The van der Waals surface area contributed by atoms with Crippen molar-refractivity contribution in [1.82, 2.24) is 10.2 Å². The Hall–Kier alpha value is -1.89. The van der Waals surface area contributed by atoms with Crippen LogP contribution in [0.5, 0.6) is 0 Å². The van der Waals surface area contributed by atoms with Gasteiger partial charge in [0.25, 0.3) is 10.0 Å². The molecule has 17 heavy (non-hydrogen) atoms. The van der Waals surface area contributed by atoms with Crippen molar-refractivity contribution in [2.75, 3.05) is 4.72 Å². The van der Waals surface area contributed by atoms with Gasteiger partial charge in [0, 0.05) is 0 Å². The van der Waals surface area contributed by atoms with Crippen molar-refractivity contribution in [3.63, 3.8) is 0 Å². The first-order chi connectivity index (χ1) is 7.99. The van der Waals surface area contributed by atoms with Crippen LogP contribution in [0.4, 0.5) is 10.1 Å². The van der Waals surface area contributed by atoms with Gasteiger partial charge in [-0.2, -0.15) is 13.5 Å². The van der Waals surface area contributed by atoms with Gasteiger partial charge in [0.15, 0.2) is 5.03 Å². The van der Waals surface area contributed by atoms with Crippen LogP contribution in [0.2, 0.25) is 0 Å². The van der Waals surface area contributed by atoms with Crippen molar-refractivity contribution in [3.8, 4) is 0 Å². The summed E-state index contributed by atoms with van der Waals surface area (Å²) >= 11 is 0. The molecule has 0 aliphatic heterocycles. The van der Waals surface area contributed by atoms with E-state index in [2.05, 4.69) is 14.9 Å². The number of hydrogen-bond donors (Lipinski definition) is 2. The van der Waals surface area contributed by atoms with Gasteiger partial charge >= 0.3 is 0 Å². The number of hydrogen-bond acceptors (Lipinski definition) is 3. The fraction of sp³-hybridized carbons (Fsp3) is 0.100. The number of rotatable bonds is 3. The molecule has 2 aromatic rings. The summed E-state index contributed by atoms with van der Waals surface area (Å²) in [5.41, 5.74) is 0.842. The SMILES string of the molecule is Cc1ccc(F)cc1NS(=O)(=O)c1ccn[nH]1. The third-order valence-corrected chi connectivity index (χ3v) is 3.50. The van der Waals surface area contributed by atoms with Crippen LogP contribution < -0.4 is 4.72 Å². The lowest BCUT2D eigenvalue weighted by Crippen LogP contribution is -2.14. The highest BCUT2D eigenvalue weighted by atomic mass is 32.2. The molecule has 2 N–H and O–H groups in total. The van der Waals surface area contributed by atoms with Gasteiger partial charge < -0.3 is 0 Å². The fourth-order valence-electron chi connectivity index (χ4n) is 1.30. The van der Waals surface area contributed by atoms with Crippen LogP contribution in [-0.2, 0) is 10.0 Å². The zero-order valence-electron chi connectivity index (χ0n) is 8.94. The molecule has 0 aliphatic rings. The number of aromatic nitrogens is 2. The van der Waals surface area contributed by atoms with Crippen molar-refractivity contribution in [1.29, 1.82) is 0 Å². The number of benzene rings is 1. The van der Waals surface area contributed by atoms with Crippen molar-refractivity contribution >= 4 is 15.7 Å². The Morgan fingerprint density at radius 1 is 1.35 bits per heavy atom. The summed E-state index contributed by atoms with van der Waals surface area (Å²) < 4.78 is 38.9. The number of aryl methyl sites for hydroxylation is 1. The second-order valence-corrected chi connectivity index (χ2v) is 5.14. The molecule has 1 aromatic carbocycles. The molecule has 0 atom stereocenters. The van der Waals surface area contributed by atoms with Crippen LogP contribution in [0.15, 0.2) is 35.5 Å². The quantitative estimate of drug-likeness (QED) is 0.875. The standard InChI is InChI=1S/C10H10FN3O2S/c1-7-2-3-8(11)6-9(7)14-17(15,16)10-4-5-12-13-10/h2-6,14H,1H3,(H,12,13). The van der Waals surface area contributed by atoms with E-state index in [4.69, 9.17) is 0 Å². The minimum Gasteiger partial charge on any atom is -0.278 e. The summed E-state index contributed by atoms with van der Waals surface area (Å²) in [5, 5.41) is 5.82. The average molecular weight is 255 g/mol. The van der Waals surface area contributed by atoms with E-state index in [9.17, 15) is 12.8 Å². The summed E-state index contributed by atoms with van der Waals surface area (Å²) in [7, 11) is -3.74. The average Bonchev–Trinajstić information content (AvgIpc) is 2.77. The predicted molar refractivity (Wildman–Crippen MR) is 60.5 cm³/mol. The lowest BCUT2D eigenvalue weighted by atomic mass is 10.2. The lowest BCUT2D eigenvalue weighted by molar-refractivity contribution is 0.597. The minimum absolute atomic E-state index is 0.0684. The van der Waals surface area contributed by atoms with Crippen LogP contribution in [0, 0.1) is 12.7 Å². The summed E-state index contributed by atoms with van der Waals surface area (Å²) in [6, 6.07) is 5.21. The molecule has 0 saturated heterocycles. The largest absolute Gasteiger partial charge is 0.278 e. The Labute approximate surface area is 97.7 Å². The molecule has 0 radical (unpaired) electrons. The predicted octanol–water partition coefficient (Wildman–Crippen LogP) is 1.66. The third-order valence-electron chi connectivity index (χ3n) is 2.21. The molecule has 1 heterocycles. The Morgan fingerprint density at radius 2 is 2.12 bits per heavy atom. The fourth-order valence-corrected chi connectivity index (χ4v) is 2.33. The number of aromatic amines is 1. The maximum atomic E-state index is 13.0. The van der Waals surface area contributed by atoms with Crippen LogP contribution >= 0.6 is 0 Å². The second kappa shape index (κ2) is 4.17. The molecule has 0 unspecified atom stereocenters. The Balaban J connectivity index is 2.36. The van der Waals surface area contributed by atoms with Crippen molar-refractivity contribution in [2.45, 2.75) is 11.9 Å². The van der Waals surface area contributed by atoms with Crippen LogP contribution in [0.1, 0.15) is 5.56 Å². The molecular weight excluding hydrogens is 245 g/mol. The maximum absolute atomic E-state index is 13.0. The van der Waals surface area contributed by atoms with E-state index in [0.29, 0.717) is 5.56 Å². The van der Waals surface area contributed by atoms with Gasteiger partial charge in [-0.3, -0.25) is 9.82 Å². The van der Waals surface area contributed by atoms with Crippen molar-refractivity contribution < 1.29 is 12.8 Å². The normalized spacial score (nSPS) is 11.4. The Kier molecular flexibility index (Phi) is 2.84. The number of nitrogens with zero attached hydrogens (tertiary/aromatic N) is 1. The number of sulfonamides is 1. The second-order valence-electron chi connectivity index (χ2n) is 3.49. The molecule has 90 valence electrons. The summed E-state index contributed by atoms with van der Waals surface area (Å²) in [4.78, 5) is 0. The number of H-pyrrole nitrogens is 1. The van der Waals surface area contributed by atoms with E-state index >= 15 is 0 Å². The highest BCUT2D eigenvalue weighted by Gasteiger charge is 2.16. The molecule has 7 heteroatoms. The number of halogens is 1. The summed E-state index contributed by atoms with van der Waals surface area (Å²) in [5.74, 6) is -0.502. The molecule has 5 nitrogen and oxygen atoms in total. The van der Waals surface area contributed by atoms with Gasteiger partial charge in [-0.15, -0.1) is 0 Å². The molecule has 0 amide bonds. The molecule has 0 bridgehead atoms. The number of nitrogens with one attached hydrogen (secondary N) is 2. The third kappa shape index (κ3) is 2.44. The molecule has 2 rings (SSSR count). The summed E-state index contributed by atoms with van der Waals surface area (Å²) in [6.45, 7) is 1.68. The summed E-state index contributed by atoms with van der Waals surface area (Å²) in [6.07, 6.45) is 1.33. The van der Waals surface area contributed by atoms with Gasteiger partial charge in [-0.1, -0.05) is 6.07 Å². The van der Waals surface area contributed by atoms with E-state index in [1.807, 2.05) is 0 Å². The molecule has 0 fully saturated rings. The topological polar surface area (TPSA) is 74.8 Å². The highest BCUT2D eigenvalue weighted by molar-refractivity contribution is 7.92. The van der Waals surface area contributed by atoms with Gasteiger partial charge in [0.2, 0.25) is 0 Å². The molecule has 1 aromatic heterocycles. The van der Waals surface area contributed by atoms with E-state index in [-0.39, 0.29) is 10.7 Å². The first kappa shape index (κ1) is 11.6. The van der Waals surface area contributed by atoms with E-state index < -0.39 is 15.8 Å². The zero-order valence-corrected chi connectivity index (χ0v) is 9.75. The zero-order chi connectivity index (χ0) is 12.5. The van der Waals surface area contributed by atoms with E-state index in [0.717, 1.165) is 6.07 Å².